The van der Waals surface area contributed by atoms with Crippen LogP contribution < -0.4 is 0 Å². The minimum atomic E-state index is -0.354. The van der Waals surface area contributed by atoms with E-state index < -0.39 is 0 Å². The van der Waals surface area contributed by atoms with Crippen molar-refractivity contribution in [2.45, 2.75) is 52.9 Å². The van der Waals surface area contributed by atoms with Crippen molar-refractivity contribution in [3.8, 4) is 0 Å². The van der Waals surface area contributed by atoms with E-state index in [1.807, 2.05) is 6.92 Å². The summed E-state index contributed by atoms with van der Waals surface area (Å²) in [5.41, 5.74) is 1.10. The van der Waals surface area contributed by atoms with Crippen LogP contribution in [0.25, 0.3) is 0 Å². The molecule has 0 heterocycles. The minimum absolute atomic E-state index is 0.0110. The average molecular weight is 240 g/mol. The van der Waals surface area contributed by atoms with E-state index >= 15 is 0 Å². The molecule has 3 heteroatoms. The number of carbonyl (C=O) groups excluding carboxylic acids is 2. The van der Waals surface area contributed by atoms with Gasteiger partial charge in [0.15, 0.2) is 5.78 Å². The van der Waals surface area contributed by atoms with E-state index in [0.29, 0.717) is 0 Å². The van der Waals surface area contributed by atoms with Gasteiger partial charge >= 0.3 is 5.97 Å². The molecule has 1 atom stereocenters. The molecule has 0 aromatic carbocycles. The minimum Gasteiger partial charge on any atom is -0.469 e. The first kappa shape index (κ1) is 15.9. The molecule has 0 radical (unpaired) electrons. The highest BCUT2D eigenvalue weighted by Crippen LogP contribution is 2.11. The Morgan fingerprint density at radius 2 is 1.94 bits per heavy atom. The molecule has 3 nitrogen and oxygen atoms in total. The van der Waals surface area contributed by atoms with Crippen molar-refractivity contribution in [3.05, 3.63) is 11.6 Å². The Hall–Kier alpha value is -1.12. The zero-order valence-electron chi connectivity index (χ0n) is 11.4. The fourth-order valence-electron chi connectivity index (χ4n) is 1.65. The van der Waals surface area contributed by atoms with Gasteiger partial charge in [-0.25, -0.2) is 0 Å². The molecular weight excluding hydrogens is 216 g/mol. The lowest BCUT2D eigenvalue weighted by Crippen LogP contribution is -2.15. The van der Waals surface area contributed by atoms with Crippen LogP contribution in [0.3, 0.4) is 0 Å². The molecule has 0 saturated carbocycles. The summed E-state index contributed by atoms with van der Waals surface area (Å²) in [6.07, 6.45) is 6.36. The van der Waals surface area contributed by atoms with Crippen molar-refractivity contribution in [2.75, 3.05) is 7.11 Å². The fraction of sp³-hybridized carbons (Fsp3) is 0.714. The summed E-state index contributed by atoms with van der Waals surface area (Å²) in [6, 6.07) is 0. The normalized spacial score (nSPS) is 13.3. The third-order valence-corrected chi connectivity index (χ3v) is 2.69. The van der Waals surface area contributed by atoms with Gasteiger partial charge in [0.25, 0.3) is 0 Å². The summed E-state index contributed by atoms with van der Waals surface area (Å²) >= 11 is 0. The first-order valence-corrected chi connectivity index (χ1v) is 6.29. The largest absolute Gasteiger partial charge is 0.469 e. The molecule has 0 aliphatic carbocycles. The molecule has 0 aliphatic rings. The molecule has 0 spiro atoms. The lowest BCUT2D eigenvalue weighted by molar-refractivity contribution is -0.146. The Labute approximate surface area is 104 Å². The molecule has 0 fully saturated rings. The number of allylic oxidation sites excluding steroid dienone is 2. The lowest BCUT2D eigenvalue weighted by Gasteiger charge is -2.06. The van der Waals surface area contributed by atoms with Gasteiger partial charge in [0, 0.05) is 6.42 Å². The number of carbonyl (C=O) groups is 2. The molecule has 0 aromatic heterocycles. The monoisotopic (exact) mass is 240 g/mol. The number of esters is 1. The fourth-order valence-corrected chi connectivity index (χ4v) is 1.65. The lowest BCUT2D eigenvalue weighted by atomic mass is 10.0. The molecule has 0 saturated heterocycles. The predicted octanol–water partition coefficient (Wildman–Crippen LogP) is 3.28. The molecule has 0 amide bonds. The number of methoxy groups -OCH3 is 1. The maximum Gasteiger partial charge on any atom is 0.308 e. The van der Waals surface area contributed by atoms with Crippen molar-refractivity contribution < 1.29 is 14.3 Å². The van der Waals surface area contributed by atoms with Gasteiger partial charge in [0.05, 0.1) is 13.0 Å². The third-order valence-electron chi connectivity index (χ3n) is 2.69. The van der Waals surface area contributed by atoms with Crippen LogP contribution in [0.5, 0.6) is 0 Å². The summed E-state index contributed by atoms with van der Waals surface area (Å²) in [5.74, 6) is -0.667. The molecule has 0 N–H and O–H groups in total. The van der Waals surface area contributed by atoms with E-state index in [9.17, 15) is 9.59 Å². The summed E-state index contributed by atoms with van der Waals surface area (Å²) in [4.78, 5) is 22.8. The molecule has 0 rings (SSSR count). The summed E-state index contributed by atoms with van der Waals surface area (Å²) < 4.78 is 4.59. The Balaban J connectivity index is 4.06. The van der Waals surface area contributed by atoms with E-state index in [-0.39, 0.29) is 24.1 Å². The summed E-state index contributed by atoms with van der Waals surface area (Å²) in [6.45, 7) is 5.84. The van der Waals surface area contributed by atoms with Crippen molar-refractivity contribution in [3.63, 3.8) is 0 Å². The van der Waals surface area contributed by atoms with Gasteiger partial charge in [-0.3, -0.25) is 9.59 Å². The Bertz CT molecular complexity index is 279. The van der Waals surface area contributed by atoms with Crippen molar-refractivity contribution in [2.24, 2.45) is 5.92 Å². The van der Waals surface area contributed by atoms with E-state index in [4.69, 9.17) is 0 Å². The van der Waals surface area contributed by atoms with Gasteiger partial charge in [-0.15, -0.1) is 0 Å². The standard InChI is InChI=1S/C14H24O3/c1-5-6-7-8-11(2)9-13(15)10-12(3)14(16)17-4/h9,12H,5-8,10H2,1-4H3. The second-order valence-corrected chi connectivity index (χ2v) is 4.54. The maximum absolute atomic E-state index is 11.6. The highest BCUT2D eigenvalue weighted by atomic mass is 16.5. The van der Waals surface area contributed by atoms with E-state index in [0.717, 1.165) is 18.4 Å². The van der Waals surface area contributed by atoms with Crippen LogP contribution in [0.1, 0.15) is 52.9 Å². The van der Waals surface area contributed by atoms with Crippen LogP contribution in [0.15, 0.2) is 11.6 Å². The molecular formula is C14H24O3. The third kappa shape index (κ3) is 7.72. The second kappa shape index (κ2) is 8.97. The number of hydrogen-bond acceptors (Lipinski definition) is 3. The molecule has 98 valence electrons. The first-order chi connectivity index (χ1) is 8.01. The van der Waals surface area contributed by atoms with E-state index in [1.54, 1.807) is 13.0 Å². The molecule has 1 unspecified atom stereocenters. The zero-order chi connectivity index (χ0) is 13.3. The number of unbranched alkanes of at least 4 members (excludes halogenated alkanes) is 2. The van der Waals surface area contributed by atoms with Gasteiger partial charge < -0.3 is 4.74 Å². The number of rotatable bonds is 8. The molecule has 0 aliphatic heterocycles. The van der Waals surface area contributed by atoms with Crippen LogP contribution >= 0.6 is 0 Å². The summed E-state index contributed by atoms with van der Waals surface area (Å²) in [7, 11) is 1.34. The topological polar surface area (TPSA) is 43.4 Å². The molecule has 0 aromatic rings. The van der Waals surface area contributed by atoms with Gasteiger partial charge in [0.1, 0.15) is 0 Å². The zero-order valence-corrected chi connectivity index (χ0v) is 11.4. The number of ether oxygens (including phenoxy) is 1. The highest BCUT2D eigenvalue weighted by Gasteiger charge is 2.15. The maximum atomic E-state index is 11.6. The second-order valence-electron chi connectivity index (χ2n) is 4.54. The first-order valence-electron chi connectivity index (χ1n) is 6.29. The van der Waals surface area contributed by atoms with E-state index in [2.05, 4.69) is 11.7 Å². The van der Waals surface area contributed by atoms with Crippen LogP contribution in [0.2, 0.25) is 0 Å². The van der Waals surface area contributed by atoms with Crippen LogP contribution in [-0.2, 0) is 14.3 Å². The smallest absolute Gasteiger partial charge is 0.308 e. The van der Waals surface area contributed by atoms with Crippen LogP contribution in [0, 0.1) is 5.92 Å². The van der Waals surface area contributed by atoms with Gasteiger partial charge in [-0.2, -0.15) is 0 Å². The van der Waals surface area contributed by atoms with Crippen molar-refractivity contribution in [1.29, 1.82) is 0 Å². The van der Waals surface area contributed by atoms with Gasteiger partial charge in [-0.1, -0.05) is 32.3 Å². The van der Waals surface area contributed by atoms with Gasteiger partial charge in [0.2, 0.25) is 0 Å². The van der Waals surface area contributed by atoms with Crippen LogP contribution in [0.4, 0.5) is 0 Å². The highest BCUT2D eigenvalue weighted by molar-refractivity contribution is 5.92. The predicted molar refractivity (Wildman–Crippen MR) is 68.7 cm³/mol. The Morgan fingerprint density at radius 1 is 1.29 bits per heavy atom. The Morgan fingerprint density at radius 3 is 2.47 bits per heavy atom. The van der Waals surface area contributed by atoms with E-state index in [1.165, 1.54) is 20.0 Å². The molecule has 17 heavy (non-hydrogen) atoms. The average Bonchev–Trinajstić information content (AvgIpc) is 2.27. The van der Waals surface area contributed by atoms with Crippen molar-refractivity contribution >= 4 is 11.8 Å². The van der Waals surface area contributed by atoms with Gasteiger partial charge in [-0.05, 0) is 25.8 Å². The number of hydrogen-bond donors (Lipinski definition) is 0. The quantitative estimate of drug-likeness (QED) is 0.371. The Kier molecular flexibility index (Phi) is 8.38. The number of ketones is 1. The summed E-state index contributed by atoms with van der Waals surface area (Å²) in [5, 5.41) is 0. The SMILES string of the molecule is CCCCCC(C)=CC(=O)CC(C)C(=O)OC. The van der Waals surface area contributed by atoms with Crippen molar-refractivity contribution in [1.82, 2.24) is 0 Å². The molecule has 0 bridgehead atoms. The van der Waals surface area contributed by atoms with Crippen LogP contribution in [-0.4, -0.2) is 18.9 Å².